The third-order valence-electron chi connectivity index (χ3n) is 6.57. The van der Waals surface area contributed by atoms with Crippen LogP contribution in [0.15, 0.2) is 41.3 Å². The van der Waals surface area contributed by atoms with Crippen molar-refractivity contribution in [3.8, 4) is 0 Å². The molecule has 7 heteroatoms. The van der Waals surface area contributed by atoms with E-state index >= 15 is 0 Å². The average Bonchev–Trinajstić information content (AvgIpc) is 2.74. The zero-order valence-corrected chi connectivity index (χ0v) is 18.6. The molecule has 0 saturated carbocycles. The number of piperidine rings is 2. The van der Waals surface area contributed by atoms with E-state index in [1.54, 1.807) is 16.4 Å². The first kappa shape index (κ1) is 21.3. The highest BCUT2D eigenvalue weighted by molar-refractivity contribution is 7.89. The Morgan fingerprint density at radius 3 is 2.20 bits per heavy atom. The Labute approximate surface area is 179 Å². The fourth-order valence-electron chi connectivity index (χ4n) is 4.78. The van der Waals surface area contributed by atoms with Crippen molar-refractivity contribution in [2.45, 2.75) is 50.5 Å². The summed E-state index contributed by atoms with van der Waals surface area (Å²) < 4.78 is 28.6. The Hall–Kier alpha value is -1.96. The number of nitrogens with zero attached hydrogens (tertiary/aromatic N) is 2. The molecule has 2 aliphatic heterocycles. The number of likely N-dealkylation sites (tertiary alicyclic amines) is 1. The van der Waals surface area contributed by atoms with E-state index in [1.165, 1.54) is 19.8 Å². The molecule has 2 saturated heterocycles. The molecule has 162 valence electrons. The predicted molar refractivity (Wildman–Crippen MR) is 120 cm³/mol. The third-order valence-corrected chi connectivity index (χ3v) is 8.53. The average molecular weight is 430 g/mol. The molecule has 0 aliphatic carbocycles. The lowest BCUT2D eigenvalue weighted by molar-refractivity contribution is -0.114. The first-order valence-electron chi connectivity index (χ1n) is 10.9. The topological polar surface area (TPSA) is 69.7 Å². The highest BCUT2D eigenvalue weighted by Crippen LogP contribution is 2.33. The Morgan fingerprint density at radius 2 is 1.57 bits per heavy atom. The highest BCUT2D eigenvalue weighted by atomic mass is 32.2. The summed E-state index contributed by atoms with van der Waals surface area (Å²) in [5.41, 5.74) is 0.634. The fraction of sp³-hybridized carbons (Fsp3) is 0.522. The van der Waals surface area contributed by atoms with E-state index in [2.05, 4.69) is 17.1 Å². The van der Waals surface area contributed by atoms with Crippen LogP contribution in [0, 0.1) is 5.92 Å². The fourth-order valence-corrected chi connectivity index (χ4v) is 6.44. The van der Waals surface area contributed by atoms with Crippen LogP contribution < -0.4 is 5.32 Å². The van der Waals surface area contributed by atoms with E-state index in [0.29, 0.717) is 35.1 Å². The first-order valence-corrected chi connectivity index (χ1v) is 12.3. The van der Waals surface area contributed by atoms with E-state index in [-0.39, 0.29) is 5.91 Å². The second-order valence-electron chi connectivity index (χ2n) is 8.69. The van der Waals surface area contributed by atoms with E-state index in [9.17, 15) is 13.2 Å². The molecule has 2 aromatic carbocycles. The van der Waals surface area contributed by atoms with Crippen molar-refractivity contribution in [2.75, 3.05) is 31.5 Å². The lowest BCUT2D eigenvalue weighted by Crippen LogP contribution is -2.48. The van der Waals surface area contributed by atoms with Gasteiger partial charge in [-0.2, -0.15) is 4.31 Å². The molecular weight excluding hydrogens is 398 g/mol. The molecule has 1 amide bonds. The van der Waals surface area contributed by atoms with Gasteiger partial charge in [-0.05, 0) is 56.8 Å². The highest BCUT2D eigenvalue weighted by Gasteiger charge is 2.33. The van der Waals surface area contributed by atoms with Crippen LogP contribution in [-0.4, -0.2) is 55.8 Å². The summed E-state index contributed by atoms with van der Waals surface area (Å²) in [6, 6.07) is 11.2. The number of benzene rings is 2. The molecule has 1 N–H and O–H groups in total. The maximum absolute atomic E-state index is 13.5. The SMILES string of the molecule is CC(=O)Nc1ccc(S(=O)(=O)N2CCC(N3CCC(C)CC3)CC2)c2ccccc12. The lowest BCUT2D eigenvalue weighted by atomic mass is 9.95. The van der Waals surface area contributed by atoms with Crippen LogP contribution in [0.4, 0.5) is 5.69 Å². The molecule has 4 rings (SSSR count). The molecule has 0 radical (unpaired) electrons. The molecule has 2 aromatic rings. The standard InChI is InChI=1S/C23H31N3O3S/c1-17-9-13-25(14-10-17)19-11-15-26(16-12-19)30(28,29)23-8-7-22(24-18(2)27)20-5-3-4-6-21(20)23/h3-8,17,19H,9-16H2,1-2H3,(H,24,27). The number of nitrogens with one attached hydrogen (secondary N) is 1. The van der Waals surface area contributed by atoms with Crippen LogP contribution in [0.2, 0.25) is 0 Å². The van der Waals surface area contributed by atoms with Crippen LogP contribution in [0.1, 0.15) is 39.5 Å². The lowest BCUT2D eigenvalue weighted by Gasteiger charge is -2.41. The van der Waals surface area contributed by atoms with E-state index < -0.39 is 10.0 Å². The summed E-state index contributed by atoms with van der Waals surface area (Å²) in [6.07, 6.45) is 4.25. The second kappa shape index (κ2) is 8.65. The zero-order valence-electron chi connectivity index (χ0n) is 17.8. The van der Waals surface area contributed by atoms with Crippen molar-refractivity contribution in [1.82, 2.24) is 9.21 Å². The van der Waals surface area contributed by atoms with Gasteiger partial charge in [-0.3, -0.25) is 4.79 Å². The Morgan fingerprint density at radius 1 is 0.933 bits per heavy atom. The predicted octanol–water partition coefficient (Wildman–Crippen LogP) is 3.68. The number of anilines is 1. The number of hydrogen-bond acceptors (Lipinski definition) is 4. The van der Waals surface area contributed by atoms with Crippen LogP contribution in [-0.2, 0) is 14.8 Å². The number of amides is 1. The molecular formula is C23H31N3O3S. The molecule has 0 unspecified atom stereocenters. The maximum Gasteiger partial charge on any atom is 0.243 e. The van der Waals surface area contributed by atoms with Gasteiger partial charge in [0.05, 0.1) is 4.90 Å². The van der Waals surface area contributed by atoms with E-state index in [1.807, 2.05) is 24.3 Å². The van der Waals surface area contributed by atoms with Gasteiger partial charge in [0.15, 0.2) is 0 Å². The summed E-state index contributed by atoms with van der Waals surface area (Å²) in [6.45, 7) is 7.14. The van der Waals surface area contributed by atoms with Crippen LogP contribution in [0.5, 0.6) is 0 Å². The van der Waals surface area contributed by atoms with E-state index in [0.717, 1.165) is 37.2 Å². The van der Waals surface area contributed by atoms with Gasteiger partial charge >= 0.3 is 0 Å². The minimum atomic E-state index is -3.59. The largest absolute Gasteiger partial charge is 0.326 e. The number of sulfonamides is 1. The third kappa shape index (κ3) is 4.24. The normalized spacial score (nSPS) is 20.5. The van der Waals surface area contributed by atoms with Gasteiger partial charge in [0.2, 0.25) is 15.9 Å². The number of carbonyl (C=O) groups is 1. The molecule has 0 aromatic heterocycles. The van der Waals surface area contributed by atoms with Crippen LogP contribution >= 0.6 is 0 Å². The summed E-state index contributed by atoms with van der Waals surface area (Å²) in [4.78, 5) is 14.4. The molecule has 0 bridgehead atoms. The van der Waals surface area contributed by atoms with Gasteiger partial charge in [0.1, 0.15) is 0 Å². The van der Waals surface area contributed by atoms with Crippen molar-refractivity contribution in [1.29, 1.82) is 0 Å². The molecule has 0 atom stereocenters. The summed E-state index contributed by atoms with van der Waals surface area (Å²) >= 11 is 0. The van der Waals surface area contributed by atoms with E-state index in [4.69, 9.17) is 0 Å². The molecule has 2 fully saturated rings. The Kier molecular flexibility index (Phi) is 6.14. The Bertz CT molecular complexity index is 1020. The van der Waals surface area contributed by atoms with Crippen molar-refractivity contribution in [3.05, 3.63) is 36.4 Å². The number of rotatable bonds is 4. The molecule has 2 heterocycles. The van der Waals surface area contributed by atoms with Gasteiger partial charge in [0.25, 0.3) is 0 Å². The molecule has 30 heavy (non-hydrogen) atoms. The maximum atomic E-state index is 13.5. The van der Waals surface area contributed by atoms with Crippen molar-refractivity contribution in [3.63, 3.8) is 0 Å². The second-order valence-corrected chi connectivity index (χ2v) is 10.6. The summed E-state index contributed by atoms with van der Waals surface area (Å²) in [5, 5.41) is 4.19. The Balaban J connectivity index is 1.54. The summed E-state index contributed by atoms with van der Waals surface area (Å²) in [5.74, 6) is 0.625. The minimum Gasteiger partial charge on any atom is -0.326 e. The molecule has 2 aliphatic rings. The van der Waals surface area contributed by atoms with Gasteiger partial charge in [-0.15, -0.1) is 0 Å². The van der Waals surface area contributed by atoms with Crippen LogP contribution in [0.3, 0.4) is 0 Å². The van der Waals surface area contributed by atoms with Gasteiger partial charge in [-0.25, -0.2) is 8.42 Å². The molecule has 6 nitrogen and oxygen atoms in total. The van der Waals surface area contributed by atoms with Crippen molar-refractivity contribution in [2.24, 2.45) is 5.92 Å². The quantitative estimate of drug-likeness (QED) is 0.805. The van der Waals surface area contributed by atoms with Crippen LogP contribution in [0.25, 0.3) is 10.8 Å². The van der Waals surface area contributed by atoms with Gasteiger partial charge < -0.3 is 10.2 Å². The first-order chi connectivity index (χ1) is 14.4. The minimum absolute atomic E-state index is 0.176. The number of fused-ring (bicyclic) bond motifs is 1. The molecule has 0 spiro atoms. The summed E-state index contributed by atoms with van der Waals surface area (Å²) in [7, 11) is -3.59. The van der Waals surface area contributed by atoms with Crippen molar-refractivity contribution < 1.29 is 13.2 Å². The zero-order chi connectivity index (χ0) is 21.3. The van der Waals surface area contributed by atoms with Gasteiger partial charge in [-0.1, -0.05) is 31.2 Å². The number of hydrogen-bond donors (Lipinski definition) is 1. The smallest absolute Gasteiger partial charge is 0.243 e. The number of carbonyl (C=O) groups excluding carboxylic acids is 1. The van der Waals surface area contributed by atoms with Gasteiger partial charge in [0, 0.05) is 42.5 Å². The van der Waals surface area contributed by atoms with Crippen molar-refractivity contribution >= 4 is 32.4 Å². The monoisotopic (exact) mass is 429 g/mol.